The minimum Gasteiger partial charge on any atom is -0.478 e. The van der Waals surface area contributed by atoms with Crippen LogP contribution in [0.2, 0.25) is 0 Å². The zero-order valence-electron chi connectivity index (χ0n) is 9.72. The molecular weight excluding hydrogens is 247 g/mol. The number of benzene rings is 2. The Labute approximate surface area is 107 Å². The summed E-state index contributed by atoms with van der Waals surface area (Å²) in [6, 6.07) is 10.7. The molecule has 19 heavy (non-hydrogen) atoms. The van der Waals surface area contributed by atoms with Gasteiger partial charge in [0.25, 0.3) is 0 Å². The van der Waals surface area contributed by atoms with Crippen molar-refractivity contribution in [2.45, 2.75) is 0 Å². The fraction of sp³-hybridized carbons (Fsp3) is 0. The quantitative estimate of drug-likeness (QED) is 0.740. The highest BCUT2D eigenvalue weighted by Crippen LogP contribution is 2.24. The highest BCUT2D eigenvalue weighted by molar-refractivity contribution is 5.95. The monoisotopic (exact) mass is 256 g/mol. The second-order valence-electron chi connectivity index (χ2n) is 4.10. The van der Waals surface area contributed by atoms with E-state index in [0.29, 0.717) is 22.4 Å². The predicted octanol–water partition coefficient (Wildman–Crippen LogP) is 3.07. The van der Waals surface area contributed by atoms with Gasteiger partial charge in [-0.25, -0.2) is 14.2 Å². The molecular formula is C14H9FN2O2. The molecule has 0 unspecified atom stereocenters. The Hall–Kier alpha value is -2.69. The van der Waals surface area contributed by atoms with Crippen LogP contribution in [0.4, 0.5) is 4.39 Å². The van der Waals surface area contributed by atoms with Crippen LogP contribution in [0.25, 0.3) is 22.4 Å². The molecule has 0 atom stereocenters. The number of aromatic carboxylic acids is 1. The van der Waals surface area contributed by atoms with Crippen LogP contribution in [0.3, 0.4) is 0 Å². The number of halogens is 1. The summed E-state index contributed by atoms with van der Waals surface area (Å²) in [6.07, 6.45) is 0. The molecule has 0 saturated carbocycles. The molecule has 0 aliphatic rings. The van der Waals surface area contributed by atoms with Crippen LogP contribution < -0.4 is 0 Å². The van der Waals surface area contributed by atoms with E-state index < -0.39 is 5.97 Å². The number of carboxylic acids is 1. The zero-order chi connectivity index (χ0) is 13.4. The number of aromatic nitrogens is 2. The normalized spacial score (nSPS) is 10.8. The lowest BCUT2D eigenvalue weighted by molar-refractivity contribution is 0.0697. The predicted molar refractivity (Wildman–Crippen MR) is 68.4 cm³/mol. The maximum Gasteiger partial charge on any atom is 0.336 e. The maximum absolute atomic E-state index is 13.1. The molecule has 3 rings (SSSR count). The third-order valence-electron chi connectivity index (χ3n) is 2.86. The number of H-pyrrole nitrogens is 1. The standard InChI is InChI=1S/C14H9FN2O2/c15-8-5-6-11-12(7-8)17-13(16-11)9-3-1-2-4-10(9)14(18)19/h1-7H,(H,16,17)(H,18,19). The van der Waals surface area contributed by atoms with Crippen LogP contribution in [0.1, 0.15) is 10.4 Å². The molecule has 0 aliphatic carbocycles. The second kappa shape index (κ2) is 4.20. The Morgan fingerprint density at radius 3 is 2.79 bits per heavy atom. The summed E-state index contributed by atoms with van der Waals surface area (Å²) in [5, 5.41) is 9.14. The molecule has 2 N–H and O–H groups in total. The van der Waals surface area contributed by atoms with Gasteiger partial charge >= 0.3 is 5.97 Å². The van der Waals surface area contributed by atoms with Gasteiger partial charge in [0.1, 0.15) is 11.6 Å². The fourth-order valence-corrected chi connectivity index (χ4v) is 1.99. The maximum atomic E-state index is 13.1. The van der Waals surface area contributed by atoms with Crippen molar-refractivity contribution < 1.29 is 14.3 Å². The minimum absolute atomic E-state index is 0.155. The fourth-order valence-electron chi connectivity index (χ4n) is 1.99. The van der Waals surface area contributed by atoms with Crippen LogP contribution in [0.5, 0.6) is 0 Å². The summed E-state index contributed by atoms with van der Waals surface area (Å²) < 4.78 is 13.1. The zero-order valence-corrected chi connectivity index (χ0v) is 9.72. The molecule has 4 nitrogen and oxygen atoms in total. The SMILES string of the molecule is O=C(O)c1ccccc1-c1nc2ccc(F)cc2[nH]1. The Bertz CT molecular complexity index is 780. The van der Waals surface area contributed by atoms with E-state index >= 15 is 0 Å². The Balaban J connectivity index is 2.22. The molecule has 0 radical (unpaired) electrons. The van der Waals surface area contributed by atoms with Gasteiger partial charge in [-0.2, -0.15) is 0 Å². The molecule has 0 amide bonds. The number of imidazole rings is 1. The van der Waals surface area contributed by atoms with E-state index in [1.807, 2.05) is 0 Å². The molecule has 1 heterocycles. The molecule has 0 bridgehead atoms. The third-order valence-corrected chi connectivity index (χ3v) is 2.86. The molecule has 0 saturated heterocycles. The van der Waals surface area contributed by atoms with E-state index in [-0.39, 0.29) is 11.4 Å². The highest BCUT2D eigenvalue weighted by Gasteiger charge is 2.14. The first-order valence-electron chi connectivity index (χ1n) is 5.63. The average Bonchev–Trinajstić information content (AvgIpc) is 2.81. The van der Waals surface area contributed by atoms with Gasteiger partial charge in [-0.3, -0.25) is 0 Å². The lowest BCUT2D eigenvalue weighted by atomic mass is 10.1. The van der Waals surface area contributed by atoms with Gasteiger partial charge in [-0.05, 0) is 24.3 Å². The number of fused-ring (bicyclic) bond motifs is 1. The minimum atomic E-state index is -1.03. The van der Waals surface area contributed by atoms with Gasteiger partial charge in [0.05, 0.1) is 16.6 Å². The second-order valence-corrected chi connectivity index (χ2v) is 4.10. The van der Waals surface area contributed by atoms with Crippen molar-refractivity contribution in [3.63, 3.8) is 0 Å². The first kappa shape index (κ1) is 11.4. The van der Waals surface area contributed by atoms with E-state index in [9.17, 15) is 9.18 Å². The molecule has 2 aromatic carbocycles. The highest BCUT2D eigenvalue weighted by atomic mass is 19.1. The van der Waals surface area contributed by atoms with Crippen molar-refractivity contribution in [2.75, 3.05) is 0 Å². The van der Waals surface area contributed by atoms with Crippen molar-refractivity contribution in [3.8, 4) is 11.4 Å². The number of carboxylic acid groups (broad SMARTS) is 1. The van der Waals surface area contributed by atoms with Crippen LogP contribution >= 0.6 is 0 Å². The number of nitrogens with one attached hydrogen (secondary N) is 1. The molecule has 5 heteroatoms. The first-order chi connectivity index (χ1) is 9.15. The summed E-state index contributed by atoms with van der Waals surface area (Å²) in [7, 11) is 0. The summed E-state index contributed by atoms with van der Waals surface area (Å²) in [5.74, 6) is -0.977. The first-order valence-corrected chi connectivity index (χ1v) is 5.63. The molecule has 0 aliphatic heterocycles. The van der Waals surface area contributed by atoms with E-state index in [4.69, 9.17) is 5.11 Å². The number of rotatable bonds is 2. The van der Waals surface area contributed by atoms with E-state index in [2.05, 4.69) is 9.97 Å². The lowest BCUT2D eigenvalue weighted by Crippen LogP contribution is -1.99. The topological polar surface area (TPSA) is 66.0 Å². The lowest BCUT2D eigenvalue weighted by Gasteiger charge is -2.01. The smallest absolute Gasteiger partial charge is 0.336 e. The number of aromatic amines is 1. The molecule has 3 aromatic rings. The van der Waals surface area contributed by atoms with Crippen LogP contribution in [0, 0.1) is 5.82 Å². The summed E-state index contributed by atoms with van der Waals surface area (Å²) >= 11 is 0. The van der Waals surface area contributed by atoms with Crippen molar-refractivity contribution in [3.05, 3.63) is 53.8 Å². The van der Waals surface area contributed by atoms with Gasteiger partial charge in [-0.15, -0.1) is 0 Å². The summed E-state index contributed by atoms with van der Waals surface area (Å²) in [5.41, 5.74) is 1.76. The van der Waals surface area contributed by atoms with Gasteiger partial charge in [0.15, 0.2) is 0 Å². The third kappa shape index (κ3) is 1.95. The number of nitrogens with zero attached hydrogens (tertiary/aromatic N) is 1. The summed E-state index contributed by atoms with van der Waals surface area (Å²) in [6.45, 7) is 0. The van der Waals surface area contributed by atoms with Gasteiger partial charge in [0.2, 0.25) is 0 Å². The van der Waals surface area contributed by atoms with Gasteiger partial charge < -0.3 is 10.1 Å². The Morgan fingerprint density at radius 1 is 1.21 bits per heavy atom. The Kier molecular flexibility index (Phi) is 2.52. The molecule has 0 fully saturated rings. The molecule has 94 valence electrons. The van der Waals surface area contributed by atoms with Gasteiger partial charge in [-0.1, -0.05) is 18.2 Å². The molecule has 1 aromatic heterocycles. The van der Waals surface area contributed by atoms with E-state index in [0.717, 1.165) is 0 Å². The van der Waals surface area contributed by atoms with E-state index in [1.54, 1.807) is 24.3 Å². The van der Waals surface area contributed by atoms with Crippen LogP contribution in [0.15, 0.2) is 42.5 Å². The molecule has 0 spiro atoms. The number of hydrogen-bond acceptors (Lipinski definition) is 2. The van der Waals surface area contributed by atoms with Crippen molar-refractivity contribution in [2.24, 2.45) is 0 Å². The van der Waals surface area contributed by atoms with E-state index in [1.165, 1.54) is 18.2 Å². The van der Waals surface area contributed by atoms with Gasteiger partial charge in [0, 0.05) is 5.56 Å². The average molecular weight is 256 g/mol. The van der Waals surface area contributed by atoms with Crippen LogP contribution in [-0.2, 0) is 0 Å². The Morgan fingerprint density at radius 2 is 2.00 bits per heavy atom. The van der Waals surface area contributed by atoms with Crippen molar-refractivity contribution in [1.29, 1.82) is 0 Å². The van der Waals surface area contributed by atoms with Crippen LogP contribution in [-0.4, -0.2) is 21.0 Å². The van der Waals surface area contributed by atoms with Crippen molar-refractivity contribution >= 4 is 17.0 Å². The summed E-state index contributed by atoms with van der Waals surface area (Å²) in [4.78, 5) is 18.4. The number of carbonyl (C=O) groups is 1. The number of hydrogen-bond donors (Lipinski definition) is 2. The largest absolute Gasteiger partial charge is 0.478 e. The van der Waals surface area contributed by atoms with Crippen molar-refractivity contribution in [1.82, 2.24) is 9.97 Å².